The van der Waals surface area contributed by atoms with Crippen molar-refractivity contribution in [3.05, 3.63) is 65.5 Å². The standard InChI is InChI=1S/C24H26N6O5/c1-14(22-26-28-29-27-22)30(2)23(33)20(11-12-21(31)32)25-24(34)35-13-19-17-9-5-3-7-15(17)16-8-4-6-10-18(16)19/h3-10,14,19-20H,11-13H2,1-2H3,(H,25,34)(H,31,32)(H,26,27,28,29). The van der Waals surface area contributed by atoms with Gasteiger partial charge in [-0.1, -0.05) is 53.7 Å². The fourth-order valence-electron chi connectivity index (χ4n) is 4.26. The summed E-state index contributed by atoms with van der Waals surface area (Å²) in [5, 5.41) is 25.2. The van der Waals surface area contributed by atoms with E-state index in [1.165, 1.54) is 11.9 Å². The van der Waals surface area contributed by atoms with E-state index in [2.05, 4.69) is 25.9 Å². The first-order valence-electron chi connectivity index (χ1n) is 11.2. The van der Waals surface area contributed by atoms with Gasteiger partial charge in [-0.25, -0.2) is 4.79 Å². The average molecular weight is 479 g/mol. The van der Waals surface area contributed by atoms with Gasteiger partial charge in [-0.15, -0.1) is 10.2 Å². The summed E-state index contributed by atoms with van der Waals surface area (Å²) in [5.74, 6) is -1.41. The fourth-order valence-corrected chi connectivity index (χ4v) is 4.26. The van der Waals surface area contributed by atoms with E-state index in [1.807, 2.05) is 48.5 Å². The van der Waals surface area contributed by atoms with E-state index in [1.54, 1.807) is 6.92 Å². The van der Waals surface area contributed by atoms with E-state index in [4.69, 9.17) is 9.84 Å². The molecule has 1 aromatic heterocycles. The predicted molar refractivity (Wildman–Crippen MR) is 124 cm³/mol. The molecule has 11 heteroatoms. The number of hydrogen-bond acceptors (Lipinski definition) is 7. The molecular weight excluding hydrogens is 452 g/mol. The third kappa shape index (κ3) is 5.13. The highest BCUT2D eigenvalue weighted by Crippen LogP contribution is 2.44. The summed E-state index contributed by atoms with van der Waals surface area (Å²) in [7, 11) is 1.52. The second kappa shape index (κ2) is 10.3. The van der Waals surface area contributed by atoms with Crippen molar-refractivity contribution in [2.45, 2.75) is 37.8 Å². The molecule has 0 fully saturated rings. The molecule has 0 aliphatic heterocycles. The van der Waals surface area contributed by atoms with Gasteiger partial charge in [0.15, 0.2) is 5.82 Å². The van der Waals surface area contributed by atoms with Gasteiger partial charge in [0.1, 0.15) is 12.6 Å². The molecule has 1 heterocycles. The van der Waals surface area contributed by atoms with Crippen LogP contribution in [0.4, 0.5) is 4.79 Å². The Bertz CT molecular complexity index is 1170. The maximum absolute atomic E-state index is 13.1. The van der Waals surface area contributed by atoms with Crippen LogP contribution in [0, 0.1) is 0 Å². The van der Waals surface area contributed by atoms with Crippen LogP contribution in [-0.4, -0.2) is 68.3 Å². The Labute approximate surface area is 201 Å². The molecule has 35 heavy (non-hydrogen) atoms. The number of carbonyl (C=O) groups excluding carboxylic acids is 2. The number of H-pyrrole nitrogens is 1. The summed E-state index contributed by atoms with van der Waals surface area (Å²) in [5.41, 5.74) is 4.33. The summed E-state index contributed by atoms with van der Waals surface area (Å²) >= 11 is 0. The van der Waals surface area contributed by atoms with Gasteiger partial charge >= 0.3 is 12.1 Å². The summed E-state index contributed by atoms with van der Waals surface area (Å²) in [4.78, 5) is 38.3. The van der Waals surface area contributed by atoms with Crippen LogP contribution in [-0.2, 0) is 14.3 Å². The topological polar surface area (TPSA) is 150 Å². The van der Waals surface area contributed by atoms with E-state index in [0.717, 1.165) is 22.3 Å². The van der Waals surface area contributed by atoms with Crippen molar-refractivity contribution in [2.24, 2.45) is 0 Å². The Kier molecular flexibility index (Phi) is 7.04. The van der Waals surface area contributed by atoms with Gasteiger partial charge in [0, 0.05) is 19.4 Å². The number of carboxylic acids is 1. The number of rotatable bonds is 9. The molecule has 182 valence electrons. The molecule has 0 saturated carbocycles. The van der Waals surface area contributed by atoms with E-state index < -0.39 is 30.1 Å². The van der Waals surface area contributed by atoms with E-state index >= 15 is 0 Å². The molecule has 0 radical (unpaired) electrons. The molecular formula is C24H26N6O5. The fraction of sp³-hybridized carbons (Fsp3) is 0.333. The van der Waals surface area contributed by atoms with Crippen molar-refractivity contribution >= 4 is 18.0 Å². The Morgan fingerprint density at radius 2 is 1.74 bits per heavy atom. The molecule has 2 atom stereocenters. The molecule has 4 rings (SSSR count). The molecule has 2 amide bonds. The van der Waals surface area contributed by atoms with Crippen LogP contribution in [0.2, 0.25) is 0 Å². The minimum Gasteiger partial charge on any atom is -0.481 e. The van der Waals surface area contributed by atoms with Crippen molar-refractivity contribution in [1.29, 1.82) is 0 Å². The number of aromatic nitrogens is 4. The van der Waals surface area contributed by atoms with Crippen LogP contribution >= 0.6 is 0 Å². The molecule has 2 unspecified atom stereocenters. The second-order valence-electron chi connectivity index (χ2n) is 8.35. The second-order valence-corrected chi connectivity index (χ2v) is 8.35. The maximum Gasteiger partial charge on any atom is 0.407 e. The van der Waals surface area contributed by atoms with Crippen LogP contribution < -0.4 is 5.32 Å². The van der Waals surface area contributed by atoms with Crippen molar-refractivity contribution in [1.82, 2.24) is 30.8 Å². The number of amides is 2. The number of hydrogen-bond donors (Lipinski definition) is 3. The number of carboxylic acid groups (broad SMARTS) is 1. The number of fused-ring (bicyclic) bond motifs is 3. The number of tetrazole rings is 1. The Morgan fingerprint density at radius 3 is 2.31 bits per heavy atom. The molecule has 0 saturated heterocycles. The number of nitrogens with zero attached hydrogens (tertiary/aromatic N) is 4. The van der Waals surface area contributed by atoms with Gasteiger partial charge in [-0.05, 0) is 35.6 Å². The van der Waals surface area contributed by atoms with Gasteiger partial charge in [0.2, 0.25) is 5.91 Å². The Hall–Kier alpha value is -4.28. The molecule has 3 N–H and O–H groups in total. The SMILES string of the molecule is CC(c1nn[nH]n1)N(C)C(=O)C(CCC(=O)O)NC(=O)OCC1c2ccccc2-c2ccccc21. The number of alkyl carbamates (subject to hydrolysis) is 1. The molecule has 0 bridgehead atoms. The Balaban J connectivity index is 1.44. The van der Waals surface area contributed by atoms with Gasteiger partial charge < -0.3 is 20.1 Å². The molecule has 1 aliphatic rings. The van der Waals surface area contributed by atoms with E-state index in [0.29, 0.717) is 5.82 Å². The van der Waals surface area contributed by atoms with Crippen LogP contribution in [0.1, 0.15) is 48.7 Å². The van der Waals surface area contributed by atoms with Gasteiger partial charge in [-0.2, -0.15) is 5.21 Å². The maximum atomic E-state index is 13.1. The van der Waals surface area contributed by atoms with Crippen molar-refractivity contribution < 1.29 is 24.2 Å². The zero-order chi connectivity index (χ0) is 24.9. The largest absolute Gasteiger partial charge is 0.481 e. The van der Waals surface area contributed by atoms with Crippen molar-refractivity contribution in [2.75, 3.05) is 13.7 Å². The highest BCUT2D eigenvalue weighted by molar-refractivity contribution is 5.86. The predicted octanol–water partition coefficient (Wildman–Crippen LogP) is 2.49. The number of benzene rings is 2. The highest BCUT2D eigenvalue weighted by Gasteiger charge is 2.32. The first kappa shape index (κ1) is 23.9. The van der Waals surface area contributed by atoms with Gasteiger partial charge in [0.05, 0.1) is 6.04 Å². The molecule has 2 aromatic carbocycles. The molecule has 0 spiro atoms. The average Bonchev–Trinajstić information content (AvgIpc) is 3.51. The number of aliphatic carboxylic acids is 1. The molecule has 3 aromatic rings. The third-order valence-corrected chi connectivity index (χ3v) is 6.24. The number of likely N-dealkylation sites (N-methyl/N-ethyl adjacent to an activating group) is 1. The minimum absolute atomic E-state index is 0.0782. The number of nitrogens with one attached hydrogen (secondary N) is 2. The Morgan fingerprint density at radius 1 is 1.11 bits per heavy atom. The summed E-state index contributed by atoms with van der Waals surface area (Å²) in [6.07, 6.45) is -1.19. The van der Waals surface area contributed by atoms with Gasteiger partial charge in [0.25, 0.3) is 0 Å². The van der Waals surface area contributed by atoms with Crippen molar-refractivity contribution in [3.8, 4) is 11.1 Å². The monoisotopic (exact) mass is 478 g/mol. The van der Waals surface area contributed by atoms with Crippen LogP contribution in [0.15, 0.2) is 48.5 Å². The smallest absolute Gasteiger partial charge is 0.407 e. The number of aromatic amines is 1. The number of carbonyl (C=O) groups is 3. The first-order chi connectivity index (χ1) is 16.9. The summed E-state index contributed by atoms with van der Waals surface area (Å²) in [6, 6.07) is 14.3. The highest BCUT2D eigenvalue weighted by atomic mass is 16.5. The summed E-state index contributed by atoms with van der Waals surface area (Å²) < 4.78 is 5.53. The first-order valence-corrected chi connectivity index (χ1v) is 11.2. The number of ether oxygens (including phenoxy) is 1. The van der Waals surface area contributed by atoms with Crippen LogP contribution in [0.5, 0.6) is 0 Å². The lowest BCUT2D eigenvalue weighted by Gasteiger charge is -2.27. The van der Waals surface area contributed by atoms with Crippen molar-refractivity contribution in [3.63, 3.8) is 0 Å². The lowest BCUT2D eigenvalue weighted by Crippen LogP contribution is -2.48. The summed E-state index contributed by atoms with van der Waals surface area (Å²) in [6.45, 7) is 1.78. The zero-order valence-electron chi connectivity index (χ0n) is 19.3. The third-order valence-electron chi connectivity index (χ3n) is 6.24. The van der Waals surface area contributed by atoms with E-state index in [9.17, 15) is 14.4 Å². The quantitative estimate of drug-likeness (QED) is 0.424. The minimum atomic E-state index is -1.10. The van der Waals surface area contributed by atoms with Crippen LogP contribution in [0.3, 0.4) is 0 Å². The molecule has 1 aliphatic carbocycles. The van der Waals surface area contributed by atoms with Crippen LogP contribution in [0.25, 0.3) is 11.1 Å². The lowest BCUT2D eigenvalue weighted by atomic mass is 9.98. The molecule has 11 nitrogen and oxygen atoms in total. The lowest BCUT2D eigenvalue weighted by molar-refractivity contribution is -0.138. The van der Waals surface area contributed by atoms with E-state index in [-0.39, 0.29) is 25.4 Å². The zero-order valence-corrected chi connectivity index (χ0v) is 19.3. The normalized spacial score (nSPS) is 13.9. The van der Waals surface area contributed by atoms with Gasteiger partial charge in [-0.3, -0.25) is 9.59 Å².